The predicted molar refractivity (Wildman–Crippen MR) is 179 cm³/mol. The monoisotopic (exact) mass is 643 g/mol. The van der Waals surface area contributed by atoms with Gasteiger partial charge in [-0.1, -0.05) is 48.0 Å². The summed E-state index contributed by atoms with van der Waals surface area (Å²) in [7, 11) is 0. The van der Waals surface area contributed by atoms with Gasteiger partial charge in [-0.05, 0) is 77.2 Å². The van der Waals surface area contributed by atoms with Gasteiger partial charge in [0.15, 0.2) is 6.29 Å². The van der Waals surface area contributed by atoms with Gasteiger partial charge in [0, 0.05) is 36.5 Å². The van der Waals surface area contributed by atoms with Crippen LogP contribution in [0.4, 0.5) is 0 Å². The number of hydrogen-bond acceptors (Lipinski definition) is 8. The number of aromatic nitrogens is 1. The van der Waals surface area contributed by atoms with Crippen LogP contribution in [0.25, 0.3) is 11.1 Å². The van der Waals surface area contributed by atoms with Crippen LogP contribution in [-0.4, -0.2) is 17.6 Å². The van der Waals surface area contributed by atoms with E-state index in [-0.39, 0.29) is 23.8 Å². The van der Waals surface area contributed by atoms with Crippen molar-refractivity contribution >= 4 is 24.2 Å². The Hall–Kier alpha value is -5.96. The van der Waals surface area contributed by atoms with Crippen LogP contribution in [0.15, 0.2) is 97.3 Å². The fraction of sp³-hybridized carbons (Fsp3) is 0.132. The van der Waals surface area contributed by atoms with Gasteiger partial charge in [0.2, 0.25) is 0 Å². The maximum atomic E-state index is 11.7. The summed E-state index contributed by atoms with van der Waals surface area (Å²) < 4.78 is 17.9. The minimum absolute atomic E-state index is 0.114. The first-order valence-corrected chi connectivity index (χ1v) is 14.8. The zero-order valence-corrected chi connectivity index (χ0v) is 26.5. The number of carbonyl (C=O) groups excluding carboxylic acids is 2. The molecule has 5 aromatic rings. The van der Waals surface area contributed by atoms with E-state index in [0.29, 0.717) is 41.1 Å². The van der Waals surface area contributed by atoms with Crippen molar-refractivity contribution in [2.24, 2.45) is 0 Å². The molecule has 1 heterocycles. The second-order valence-corrected chi connectivity index (χ2v) is 10.7. The summed E-state index contributed by atoms with van der Waals surface area (Å²) in [6.07, 6.45) is 4.55. The summed E-state index contributed by atoms with van der Waals surface area (Å²) in [6, 6.07) is 30.0. The van der Waals surface area contributed by atoms with Crippen LogP contribution in [0.3, 0.4) is 0 Å². The molecule has 0 radical (unpaired) electrons. The third-order valence-electron chi connectivity index (χ3n) is 6.82. The maximum absolute atomic E-state index is 11.7. The summed E-state index contributed by atoms with van der Waals surface area (Å²) in [5, 5.41) is 16.7. The average Bonchev–Trinajstić information content (AvgIpc) is 3.10. The molecule has 0 unspecified atom stereocenters. The van der Waals surface area contributed by atoms with Crippen LogP contribution >= 0.6 is 11.6 Å². The number of ether oxygens (including phenoxy) is 3. The summed E-state index contributed by atoms with van der Waals surface area (Å²) in [6.45, 7) is 4.08. The highest BCUT2D eigenvalue weighted by molar-refractivity contribution is 6.32. The lowest BCUT2D eigenvalue weighted by molar-refractivity contribution is 0.111. The zero-order chi connectivity index (χ0) is 33.6. The highest BCUT2D eigenvalue weighted by atomic mass is 35.5. The van der Waals surface area contributed by atoms with Crippen LogP contribution in [-0.2, 0) is 19.8 Å². The lowest BCUT2D eigenvalue weighted by Crippen LogP contribution is -2.02. The molecular weight excluding hydrogens is 614 g/mol. The van der Waals surface area contributed by atoms with Gasteiger partial charge in [-0.2, -0.15) is 10.5 Å². The summed E-state index contributed by atoms with van der Waals surface area (Å²) in [4.78, 5) is 26.7. The number of aryl methyl sites for hydroxylation is 1. The van der Waals surface area contributed by atoms with Crippen molar-refractivity contribution in [1.82, 2.24) is 4.98 Å². The Kier molecular flexibility index (Phi) is 12.2. The van der Waals surface area contributed by atoms with E-state index in [1.165, 1.54) is 19.2 Å². The topological polar surface area (TPSA) is 122 Å². The zero-order valence-electron chi connectivity index (χ0n) is 25.8. The molecule has 0 aliphatic rings. The molecule has 0 aliphatic heterocycles. The van der Waals surface area contributed by atoms with Gasteiger partial charge >= 0.3 is 0 Å². The van der Waals surface area contributed by atoms with E-state index < -0.39 is 0 Å². The van der Waals surface area contributed by atoms with Gasteiger partial charge in [0.25, 0.3) is 0 Å². The smallest absolute Gasteiger partial charge is 0.153 e. The van der Waals surface area contributed by atoms with E-state index in [4.69, 9.17) is 36.3 Å². The molecule has 8 nitrogen and oxygen atoms in total. The lowest BCUT2D eigenvalue weighted by atomic mass is 10.0. The lowest BCUT2D eigenvalue weighted by Gasteiger charge is -2.14. The first-order valence-electron chi connectivity index (χ1n) is 14.4. The van der Waals surface area contributed by atoms with Gasteiger partial charge in [0.1, 0.15) is 49.4 Å². The fourth-order valence-electron chi connectivity index (χ4n) is 4.58. The van der Waals surface area contributed by atoms with Crippen molar-refractivity contribution in [3.63, 3.8) is 0 Å². The molecule has 0 atom stereocenters. The Morgan fingerprint density at radius 3 is 1.94 bits per heavy atom. The molecule has 5 rings (SSSR count). The van der Waals surface area contributed by atoms with E-state index in [1.54, 1.807) is 36.5 Å². The van der Waals surface area contributed by atoms with Gasteiger partial charge in [0.05, 0.1) is 22.2 Å². The third-order valence-corrected chi connectivity index (χ3v) is 7.12. The average molecular weight is 644 g/mol. The molecule has 0 saturated carbocycles. The maximum Gasteiger partial charge on any atom is 0.153 e. The van der Waals surface area contributed by atoms with Crippen LogP contribution in [0.2, 0.25) is 5.02 Å². The normalized spacial score (nSPS) is 9.98. The van der Waals surface area contributed by atoms with E-state index >= 15 is 0 Å². The molecule has 0 saturated heterocycles. The number of pyridine rings is 1. The molecule has 0 spiro atoms. The Bertz CT molecular complexity index is 1960. The van der Waals surface area contributed by atoms with Gasteiger partial charge in [-0.3, -0.25) is 14.6 Å². The Morgan fingerprint density at radius 2 is 1.34 bits per heavy atom. The first kappa shape index (κ1) is 33.9. The van der Waals surface area contributed by atoms with Crippen LogP contribution in [0, 0.1) is 29.6 Å². The number of halogens is 1. The molecule has 0 amide bonds. The highest BCUT2D eigenvalue weighted by Gasteiger charge is 2.13. The molecule has 9 heteroatoms. The molecule has 47 heavy (non-hydrogen) atoms. The highest BCUT2D eigenvalue weighted by Crippen LogP contribution is 2.33. The van der Waals surface area contributed by atoms with Crippen molar-refractivity contribution in [2.75, 3.05) is 0 Å². The van der Waals surface area contributed by atoms with Gasteiger partial charge in [-0.15, -0.1) is 0 Å². The number of aldehydes is 2. The quantitative estimate of drug-likeness (QED) is 0.124. The Balaban J connectivity index is 0.00000160. The Morgan fingerprint density at radius 1 is 0.723 bits per heavy atom. The third kappa shape index (κ3) is 9.51. The van der Waals surface area contributed by atoms with Crippen molar-refractivity contribution in [2.45, 2.75) is 33.7 Å². The molecule has 0 N–H and O–H groups in total. The summed E-state index contributed by atoms with van der Waals surface area (Å²) >= 11 is 6.43. The van der Waals surface area contributed by atoms with Crippen LogP contribution < -0.4 is 14.2 Å². The van der Waals surface area contributed by atoms with E-state index in [1.807, 2.05) is 61.5 Å². The van der Waals surface area contributed by atoms with Gasteiger partial charge in [-0.25, -0.2) is 0 Å². The standard InChI is InChI=1S/C36H27ClN2O5.C2H3N/c1-24-10-25(19-40)8-9-34(24)42-21-26-4-2-6-30(12-26)31-7-3-5-27(13-31)22-44-36-15-35(32(20-41)14-33(36)37)43-23-29-11-28(16-38)17-39-18-29;1-2-3/h2-15,17-20H,21-23H2,1H3;1H3. The molecule has 0 aliphatic carbocycles. The minimum atomic E-state index is 0.114. The molecule has 0 fully saturated rings. The fourth-order valence-corrected chi connectivity index (χ4v) is 4.80. The Labute approximate surface area is 278 Å². The van der Waals surface area contributed by atoms with Crippen LogP contribution in [0.5, 0.6) is 17.2 Å². The van der Waals surface area contributed by atoms with Crippen LogP contribution in [0.1, 0.15) is 55.5 Å². The SMILES string of the molecule is CC#N.Cc1cc(C=O)ccc1OCc1cccc(-c2cccc(COc3cc(OCc4cncc(C#N)c4)c(C=O)cc3Cl)c2)c1. The second-order valence-electron chi connectivity index (χ2n) is 10.3. The van der Waals surface area contributed by atoms with E-state index in [2.05, 4.69) is 11.1 Å². The number of nitriles is 2. The summed E-state index contributed by atoms with van der Waals surface area (Å²) in [5.41, 5.74) is 6.88. The van der Waals surface area contributed by atoms with E-state index in [9.17, 15) is 9.59 Å². The van der Waals surface area contributed by atoms with Crippen molar-refractivity contribution < 1.29 is 23.8 Å². The van der Waals surface area contributed by atoms with Crippen molar-refractivity contribution in [1.29, 1.82) is 10.5 Å². The molecule has 0 bridgehead atoms. The molecule has 234 valence electrons. The minimum Gasteiger partial charge on any atom is -0.489 e. The molecule has 1 aromatic heterocycles. The number of hydrogen-bond donors (Lipinski definition) is 0. The van der Waals surface area contributed by atoms with E-state index in [0.717, 1.165) is 39.9 Å². The second kappa shape index (κ2) is 16.9. The number of rotatable bonds is 12. The molecular formula is C38H30ClN3O5. The largest absolute Gasteiger partial charge is 0.489 e. The predicted octanol–water partition coefficient (Wildman–Crippen LogP) is 8.47. The van der Waals surface area contributed by atoms with Crippen molar-refractivity contribution in [3.8, 4) is 40.5 Å². The van der Waals surface area contributed by atoms with Gasteiger partial charge < -0.3 is 14.2 Å². The molecule has 4 aromatic carbocycles. The van der Waals surface area contributed by atoms with Crippen molar-refractivity contribution in [3.05, 3.63) is 141 Å². The summed E-state index contributed by atoms with van der Waals surface area (Å²) in [5.74, 6) is 1.42. The number of carbonyl (C=O) groups is 2. The number of benzene rings is 4. The first-order chi connectivity index (χ1) is 22.9. The number of nitrogens with zero attached hydrogens (tertiary/aromatic N) is 3.